The first kappa shape index (κ1) is 6.55. The first-order chi connectivity index (χ1) is 3.77. The van der Waals surface area contributed by atoms with Gasteiger partial charge in [0.05, 0.1) is 0 Å². The van der Waals surface area contributed by atoms with Crippen LogP contribution in [0.5, 0.6) is 0 Å². The van der Waals surface area contributed by atoms with Crippen molar-refractivity contribution in [2.24, 2.45) is 0 Å². The van der Waals surface area contributed by atoms with E-state index >= 15 is 0 Å². The second-order valence-corrected chi connectivity index (χ2v) is 12.8. The largest absolute Gasteiger partial charge is 0.0754 e. The van der Waals surface area contributed by atoms with E-state index in [2.05, 4.69) is 13.1 Å². The van der Waals surface area contributed by atoms with E-state index in [-0.39, 0.29) is 0 Å². The van der Waals surface area contributed by atoms with Crippen LogP contribution in [0.15, 0.2) is 0 Å². The van der Waals surface area contributed by atoms with E-state index in [1.54, 1.807) is 24.9 Å². The Labute approximate surface area is 55.3 Å². The van der Waals surface area contributed by atoms with E-state index in [9.17, 15) is 0 Å². The van der Waals surface area contributed by atoms with Crippen LogP contribution in [-0.4, -0.2) is 16.6 Å². The van der Waals surface area contributed by atoms with Crippen molar-refractivity contribution in [2.45, 2.75) is 38.0 Å². The fourth-order valence-corrected chi connectivity index (χ4v) is 6.78. The minimum atomic E-state index is -0.532. The lowest BCUT2D eigenvalue weighted by molar-refractivity contribution is 0.935. The van der Waals surface area contributed by atoms with Crippen LogP contribution in [-0.2, 0) is 0 Å². The summed E-state index contributed by atoms with van der Waals surface area (Å²) in [6.45, 7) is 4.97. The van der Waals surface area contributed by atoms with Gasteiger partial charge in [-0.1, -0.05) is 38.0 Å². The Bertz CT molecular complexity index is 74.6. The molecule has 0 aromatic rings. The van der Waals surface area contributed by atoms with Crippen molar-refractivity contribution in [1.29, 1.82) is 0 Å². The van der Waals surface area contributed by atoms with Crippen LogP contribution in [0.2, 0.25) is 25.2 Å². The van der Waals surface area contributed by atoms with Gasteiger partial charge in [-0.3, -0.25) is 0 Å². The van der Waals surface area contributed by atoms with Crippen LogP contribution in [0.4, 0.5) is 0 Å². The first-order valence-electron chi connectivity index (χ1n) is 3.46. The highest BCUT2D eigenvalue weighted by atomic mass is 29.2. The minimum absolute atomic E-state index is 0.532. The summed E-state index contributed by atoms with van der Waals surface area (Å²) in [5.74, 6) is 0. The molecule has 0 aromatic heterocycles. The Balaban J connectivity index is 2.40. The molecule has 1 aliphatic heterocycles. The highest BCUT2D eigenvalue weighted by Gasteiger charge is 2.28. The summed E-state index contributed by atoms with van der Waals surface area (Å²) in [5, 5.41) is 0. The lowest BCUT2D eigenvalue weighted by Gasteiger charge is -2.16. The van der Waals surface area contributed by atoms with Crippen molar-refractivity contribution >= 4 is 16.6 Å². The third-order valence-electron chi connectivity index (χ3n) is 2.31. The average Bonchev–Trinajstić information content (AvgIpc) is 2.17. The molecule has 1 rings (SSSR count). The van der Waals surface area contributed by atoms with E-state index in [1.807, 2.05) is 0 Å². The van der Waals surface area contributed by atoms with Gasteiger partial charge >= 0.3 is 0 Å². The van der Waals surface area contributed by atoms with Crippen molar-refractivity contribution in [3.05, 3.63) is 0 Å². The summed E-state index contributed by atoms with van der Waals surface area (Å²) in [7, 11) is 0.771. The molecule has 0 nitrogen and oxygen atoms in total. The molecular weight excluding hydrogens is 128 g/mol. The molecule has 2 radical (unpaired) electrons. The molecule has 1 heterocycles. The van der Waals surface area contributed by atoms with Crippen LogP contribution < -0.4 is 0 Å². The minimum Gasteiger partial charge on any atom is -0.0754 e. The zero-order chi connectivity index (χ0) is 6.04. The SMILES string of the molecule is C[Si][Si]1(C)CCCC1. The fraction of sp³-hybridized carbons (Fsp3) is 1.00. The molecule has 1 aliphatic rings. The summed E-state index contributed by atoms with van der Waals surface area (Å²) in [4.78, 5) is 0. The molecule has 46 valence electrons. The third kappa shape index (κ3) is 1.23. The Kier molecular flexibility index (Phi) is 1.93. The number of hydrogen-bond donors (Lipinski definition) is 0. The number of hydrogen-bond acceptors (Lipinski definition) is 0. The summed E-state index contributed by atoms with van der Waals surface area (Å²) >= 11 is 0. The lowest BCUT2D eigenvalue weighted by Crippen LogP contribution is -2.32. The molecule has 1 fully saturated rings. The van der Waals surface area contributed by atoms with Gasteiger partial charge in [-0.05, 0) is 0 Å². The second-order valence-electron chi connectivity index (χ2n) is 3.02. The molecule has 0 atom stereocenters. The average molecular weight is 142 g/mol. The van der Waals surface area contributed by atoms with Crippen LogP contribution in [0.1, 0.15) is 12.8 Å². The zero-order valence-corrected chi connectivity index (χ0v) is 7.83. The Morgan fingerprint density at radius 2 is 1.75 bits per heavy atom. The third-order valence-corrected chi connectivity index (χ3v) is 11.6. The molecule has 0 spiro atoms. The van der Waals surface area contributed by atoms with Gasteiger partial charge < -0.3 is 0 Å². The normalized spacial score (nSPS) is 26.2. The first-order valence-corrected chi connectivity index (χ1v) is 8.87. The molecule has 8 heavy (non-hydrogen) atoms. The topological polar surface area (TPSA) is 0 Å². The van der Waals surface area contributed by atoms with E-state index in [1.165, 1.54) is 9.04 Å². The Morgan fingerprint density at radius 1 is 1.25 bits per heavy atom. The summed E-state index contributed by atoms with van der Waals surface area (Å²) in [5.41, 5.74) is 0. The zero-order valence-electron chi connectivity index (χ0n) is 5.83. The molecule has 0 aliphatic carbocycles. The molecule has 0 bridgehead atoms. The van der Waals surface area contributed by atoms with E-state index < -0.39 is 7.59 Å². The molecule has 0 unspecified atom stereocenters. The molecule has 2 heteroatoms. The molecule has 0 amide bonds. The predicted octanol–water partition coefficient (Wildman–Crippen LogP) is 2.11. The van der Waals surface area contributed by atoms with Gasteiger partial charge in [0, 0.05) is 16.6 Å². The smallest absolute Gasteiger partial charge is 0.0385 e. The highest BCUT2D eigenvalue weighted by molar-refractivity contribution is 7.24. The Morgan fingerprint density at radius 3 is 2.00 bits per heavy atom. The van der Waals surface area contributed by atoms with Crippen molar-refractivity contribution in [3.8, 4) is 0 Å². The van der Waals surface area contributed by atoms with Gasteiger partial charge in [0.15, 0.2) is 0 Å². The van der Waals surface area contributed by atoms with Gasteiger partial charge in [-0.2, -0.15) is 0 Å². The maximum atomic E-state index is 2.57. The van der Waals surface area contributed by atoms with Gasteiger partial charge in [-0.25, -0.2) is 0 Å². The quantitative estimate of drug-likeness (QED) is 0.492. The van der Waals surface area contributed by atoms with E-state index in [0.29, 0.717) is 0 Å². The summed E-state index contributed by atoms with van der Waals surface area (Å²) in [6.07, 6.45) is 3.09. The van der Waals surface area contributed by atoms with E-state index in [0.717, 1.165) is 0 Å². The standard InChI is InChI=1S/C6H14Si2/c1-7-8(2)5-3-4-6-8/h3-6H2,1-2H3. The highest BCUT2D eigenvalue weighted by Crippen LogP contribution is 2.28. The van der Waals surface area contributed by atoms with Crippen LogP contribution >= 0.6 is 0 Å². The second kappa shape index (κ2) is 2.35. The Hall–Kier alpha value is 0.434. The summed E-state index contributed by atoms with van der Waals surface area (Å²) in [6, 6.07) is 3.25. The molecular formula is C6H14Si2. The van der Waals surface area contributed by atoms with Gasteiger partial charge in [0.2, 0.25) is 0 Å². The number of rotatable bonds is 1. The van der Waals surface area contributed by atoms with E-state index in [4.69, 9.17) is 0 Å². The molecule has 1 saturated heterocycles. The maximum absolute atomic E-state index is 2.57. The van der Waals surface area contributed by atoms with Crippen molar-refractivity contribution in [1.82, 2.24) is 0 Å². The maximum Gasteiger partial charge on any atom is 0.0385 e. The van der Waals surface area contributed by atoms with Crippen molar-refractivity contribution in [3.63, 3.8) is 0 Å². The molecule has 0 aromatic carbocycles. The predicted molar refractivity (Wildman–Crippen MR) is 42.1 cm³/mol. The van der Waals surface area contributed by atoms with Crippen molar-refractivity contribution in [2.75, 3.05) is 0 Å². The monoisotopic (exact) mass is 142 g/mol. The van der Waals surface area contributed by atoms with Crippen LogP contribution in [0, 0.1) is 0 Å². The van der Waals surface area contributed by atoms with Crippen LogP contribution in [0.25, 0.3) is 0 Å². The fourth-order valence-electron chi connectivity index (χ4n) is 1.41. The van der Waals surface area contributed by atoms with Gasteiger partial charge in [0.1, 0.15) is 0 Å². The van der Waals surface area contributed by atoms with Gasteiger partial charge in [-0.15, -0.1) is 0 Å². The lowest BCUT2D eigenvalue weighted by atomic mass is 10.4. The molecule has 0 saturated carbocycles. The summed E-state index contributed by atoms with van der Waals surface area (Å²) < 4.78 is 0. The van der Waals surface area contributed by atoms with Crippen molar-refractivity contribution < 1.29 is 0 Å². The molecule has 0 N–H and O–H groups in total. The van der Waals surface area contributed by atoms with Crippen LogP contribution in [0.3, 0.4) is 0 Å². The van der Waals surface area contributed by atoms with Gasteiger partial charge in [0.25, 0.3) is 0 Å².